The molecule has 0 bridgehead atoms. The van der Waals surface area contributed by atoms with E-state index in [4.69, 9.17) is 0 Å². The molecule has 3 nitrogen and oxygen atoms in total. The first-order valence-corrected chi connectivity index (χ1v) is 7.89. The minimum atomic E-state index is 0.571. The van der Waals surface area contributed by atoms with Gasteiger partial charge in [0.1, 0.15) is 0 Å². The first-order valence-electron chi connectivity index (χ1n) is 7.89. The van der Waals surface area contributed by atoms with Gasteiger partial charge in [-0.2, -0.15) is 5.10 Å². The molecule has 1 aromatic rings. The summed E-state index contributed by atoms with van der Waals surface area (Å²) in [4.78, 5) is 0. The monoisotopic (exact) mass is 265 g/mol. The second-order valence-corrected chi connectivity index (χ2v) is 5.62. The summed E-state index contributed by atoms with van der Waals surface area (Å²) in [5, 5.41) is 8.28. The van der Waals surface area contributed by atoms with Gasteiger partial charge in [0.05, 0.1) is 5.69 Å². The molecule has 2 unspecified atom stereocenters. The van der Waals surface area contributed by atoms with E-state index in [9.17, 15) is 0 Å². The minimum absolute atomic E-state index is 0.571. The van der Waals surface area contributed by atoms with Crippen molar-refractivity contribution in [2.75, 3.05) is 6.54 Å². The maximum Gasteiger partial charge on any atom is 0.0596 e. The molecular formula is C16H31N3. The maximum atomic E-state index is 4.56. The summed E-state index contributed by atoms with van der Waals surface area (Å²) in [7, 11) is 0. The van der Waals surface area contributed by atoms with Crippen LogP contribution in [0.4, 0.5) is 0 Å². The molecule has 3 heteroatoms. The number of rotatable bonds is 9. The Morgan fingerprint density at radius 1 is 1.26 bits per heavy atom. The first-order chi connectivity index (χ1) is 9.12. The van der Waals surface area contributed by atoms with Gasteiger partial charge in [-0.1, -0.05) is 27.2 Å². The Morgan fingerprint density at radius 2 is 2.00 bits per heavy atom. The predicted molar refractivity (Wildman–Crippen MR) is 82.5 cm³/mol. The molecule has 0 spiro atoms. The molecule has 0 radical (unpaired) electrons. The molecule has 0 aliphatic rings. The van der Waals surface area contributed by atoms with E-state index in [1.165, 1.54) is 25.0 Å². The molecular weight excluding hydrogens is 234 g/mol. The highest BCUT2D eigenvalue weighted by molar-refractivity contribution is 5.10. The van der Waals surface area contributed by atoms with Crippen LogP contribution in [0.5, 0.6) is 0 Å². The highest BCUT2D eigenvalue weighted by atomic mass is 15.3. The lowest BCUT2D eigenvalue weighted by Crippen LogP contribution is -2.38. The summed E-state index contributed by atoms with van der Waals surface area (Å²) in [5.74, 6) is 0.720. The summed E-state index contributed by atoms with van der Waals surface area (Å²) in [6, 6.07) is 2.81. The van der Waals surface area contributed by atoms with E-state index in [0.717, 1.165) is 31.1 Å². The highest BCUT2D eigenvalue weighted by Crippen LogP contribution is 2.16. The third-order valence-electron chi connectivity index (χ3n) is 3.80. The molecule has 110 valence electrons. The largest absolute Gasteiger partial charge is 0.313 e. The molecule has 0 aliphatic heterocycles. The van der Waals surface area contributed by atoms with Crippen LogP contribution in [0.25, 0.3) is 0 Å². The Bertz CT molecular complexity index is 357. The van der Waals surface area contributed by atoms with Crippen LogP contribution in [-0.4, -0.2) is 22.4 Å². The van der Waals surface area contributed by atoms with Crippen molar-refractivity contribution in [1.82, 2.24) is 15.1 Å². The Balaban J connectivity index is 2.74. The molecule has 1 aromatic heterocycles. The quantitative estimate of drug-likeness (QED) is 0.740. The van der Waals surface area contributed by atoms with E-state index in [-0.39, 0.29) is 0 Å². The molecule has 0 fully saturated rings. The molecule has 19 heavy (non-hydrogen) atoms. The molecule has 0 aromatic carbocycles. The van der Waals surface area contributed by atoms with Crippen molar-refractivity contribution in [2.24, 2.45) is 5.92 Å². The van der Waals surface area contributed by atoms with Gasteiger partial charge < -0.3 is 5.32 Å². The SMILES string of the molecule is CCCNC(Cc1cc(C)nn1CC)C(C)CCC. The van der Waals surface area contributed by atoms with Crippen molar-refractivity contribution < 1.29 is 0 Å². The van der Waals surface area contributed by atoms with Gasteiger partial charge in [-0.3, -0.25) is 4.68 Å². The number of hydrogen-bond acceptors (Lipinski definition) is 2. The van der Waals surface area contributed by atoms with Crippen molar-refractivity contribution in [3.05, 3.63) is 17.5 Å². The van der Waals surface area contributed by atoms with Crippen LogP contribution in [0.15, 0.2) is 6.07 Å². The lowest BCUT2D eigenvalue weighted by molar-refractivity contribution is 0.346. The lowest BCUT2D eigenvalue weighted by Gasteiger charge is -2.25. The number of nitrogens with one attached hydrogen (secondary N) is 1. The third kappa shape index (κ3) is 4.98. The number of aromatic nitrogens is 2. The fraction of sp³-hybridized carbons (Fsp3) is 0.812. The second-order valence-electron chi connectivity index (χ2n) is 5.62. The highest BCUT2D eigenvalue weighted by Gasteiger charge is 2.18. The maximum absolute atomic E-state index is 4.56. The van der Waals surface area contributed by atoms with Gasteiger partial charge in [0, 0.05) is 24.7 Å². The second kappa shape index (κ2) is 8.36. The minimum Gasteiger partial charge on any atom is -0.313 e. The van der Waals surface area contributed by atoms with Gasteiger partial charge in [0.15, 0.2) is 0 Å². The average Bonchev–Trinajstić information content (AvgIpc) is 2.74. The van der Waals surface area contributed by atoms with Gasteiger partial charge in [-0.05, 0) is 45.2 Å². The number of hydrogen-bond donors (Lipinski definition) is 1. The molecule has 0 saturated carbocycles. The van der Waals surface area contributed by atoms with Crippen LogP contribution in [0.3, 0.4) is 0 Å². The molecule has 1 heterocycles. The predicted octanol–water partition coefficient (Wildman–Crippen LogP) is 3.56. The van der Waals surface area contributed by atoms with Gasteiger partial charge in [0.25, 0.3) is 0 Å². The zero-order valence-corrected chi connectivity index (χ0v) is 13.4. The third-order valence-corrected chi connectivity index (χ3v) is 3.80. The van der Waals surface area contributed by atoms with E-state index >= 15 is 0 Å². The average molecular weight is 265 g/mol. The molecule has 2 atom stereocenters. The fourth-order valence-electron chi connectivity index (χ4n) is 2.72. The van der Waals surface area contributed by atoms with Gasteiger partial charge in [0.2, 0.25) is 0 Å². The number of aryl methyl sites for hydroxylation is 2. The van der Waals surface area contributed by atoms with Crippen LogP contribution in [-0.2, 0) is 13.0 Å². The summed E-state index contributed by atoms with van der Waals surface area (Å²) in [6.07, 6.45) is 4.84. The van der Waals surface area contributed by atoms with Crippen LogP contribution in [0.1, 0.15) is 58.3 Å². The number of nitrogens with zero attached hydrogens (tertiary/aromatic N) is 2. The topological polar surface area (TPSA) is 29.9 Å². The summed E-state index contributed by atoms with van der Waals surface area (Å²) < 4.78 is 2.15. The Morgan fingerprint density at radius 3 is 2.58 bits per heavy atom. The van der Waals surface area contributed by atoms with Crippen molar-refractivity contribution >= 4 is 0 Å². The van der Waals surface area contributed by atoms with E-state index in [0.29, 0.717) is 6.04 Å². The normalized spacial score (nSPS) is 14.6. The van der Waals surface area contributed by atoms with Gasteiger partial charge in [-0.25, -0.2) is 0 Å². The van der Waals surface area contributed by atoms with Crippen LogP contribution < -0.4 is 5.32 Å². The Hall–Kier alpha value is -0.830. The van der Waals surface area contributed by atoms with Crippen molar-refractivity contribution in [3.63, 3.8) is 0 Å². The lowest BCUT2D eigenvalue weighted by atomic mass is 9.93. The van der Waals surface area contributed by atoms with E-state index < -0.39 is 0 Å². The van der Waals surface area contributed by atoms with Crippen LogP contribution in [0.2, 0.25) is 0 Å². The smallest absolute Gasteiger partial charge is 0.0596 e. The van der Waals surface area contributed by atoms with Crippen molar-refractivity contribution in [1.29, 1.82) is 0 Å². The van der Waals surface area contributed by atoms with E-state index in [2.05, 4.69) is 55.8 Å². The standard InChI is InChI=1S/C16H31N3/c1-6-9-13(4)16(17-10-7-2)12-15-11-14(5)18-19(15)8-3/h11,13,16-17H,6-10,12H2,1-5H3. The van der Waals surface area contributed by atoms with Crippen LogP contribution in [0, 0.1) is 12.8 Å². The van der Waals surface area contributed by atoms with Gasteiger partial charge in [-0.15, -0.1) is 0 Å². The van der Waals surface area contributed by atoms with Gasteiger partial charge >= 0.3 is 0 Å². The summed E-state index contributed by atoms with van der Waals surface area (Å²) in [6.45, 7) is 13.2. The van der Waals surface area contributed by atoms with E-state index in [1.807, 2.05) is 0 Å². The zero-order chi connectivity index (χ0) is 14.3. The molecule has 1 rings (SSSR count). The molecule has 0 amide bonds. The Kier molecular flexibility index (Phi) is 7.14. The fourth-order valence-corrected chi connectivity index (χ4v) is 2.72. The van der Waals surface area contributed by atoms with Crippen LogP contribution >= 0.6 is 0 Å². The Labute approximate surface area is 118 Å². The van der Waals surface area contributed by atoms with E-state index in [1.54, 1.807) is 0 Å². The van der Waals surface area contributed by atoms with Crippen molar-refractivity contribution in [2.45, 2.75) is 72.9 Å². The molecule has 0 saturated heterocycles. The zero-order valence-electron chi connectivity index (χ0n) is 13.4. The first kappa shape index (κ1) is 16.2. The summed E-state index contributed by atoms with van der Waals surface area (Å²) >= 11 is 0. The molecule has 1 N–H and O–H groups in total. The molecule has 0 aliphatic carbocycles. The summed E-state index contributed by atoms with van der Waals surface area (Å²) in [5.41, 5.74) is 2.51. The van der Waals surface area contributed by atoms with Crippen molar-refractivity contribution in [3.8, 4) is 0 Å².